The van der Waals surface area contributed by atoms with Gasteiger partial charge in [0.2, 0.25) is 10.0 Å². The predicted molar refractivity (Wildman–Crippen MR) is 96.1 cm³/mol. The van der Waals surface area contributed by atoms with Crippen LogP contribution in [0.4, 0.5) is 5.69 Å². The van der Waals surface area contributed by atoms with Crippen molar-refractivity contribution in [2.45, 2.75) is 17.1 Å². The van der Waals surface area contributed by atoms with E-state index in [9.17, 15) is 16.8 Å². The Morgan fingerprint density at radius 2 is 1.58 bits per heavy atom. The number of benzene rings is 2. The molecule has 3 N–H and O–H groups in total. The van der Waals surface area contributed by atoms with Crippen LogP contribution in [-0.4, -0.2) is 30.0 Å². The van der Waals surface area contributed by atoms with Gasteiger partial charge in [0.05, 0.1) is 23.9 Å². The molecule has 2 aromatic rings. The Balaban J connectivity index is 1.79. The number of rotatable bonds is 5. The van der Waals surface area contributed by atoms with E-state index in [0.717, 1.165) is 6.42 Å². The van der Waals surface area contributed by atoms with Gasteiger partial charge in [0, 0.05) is 18.2 Å². The van der Waals surface area contributed by atoms with Gasteiger partial charge in [0.1, 0.15) is 0 Å². The molecule has 0 radical (unpaired) electrons. The van der Waals surface area contributed by atoms with E-state index in [4.69, 9.17) is 14.6 Å². The molecule has 0 aliphatic carbocycles. The minimum atomic E-state index is -3.84. The standard InChI is InChI=1S/C16H18N2O6S2/c17-25(19,20)11-12-2-4-13(5-3-12)18-26(21,22)14-6-7-15-16(10-14)24-9-1-8-23-15/h2-7,10,18H,1,8-9,11H2,(H2,17,19,20). The van der Waals surface area contributed by atoms with Crippen molar-refractivity contribution >= 4 is 25.7 Å². The second kappa shape index (κ2) is 7.14. The molecule has 2 aromatic carbocycles. The molecule has 8 nitrogen and oxygen atoms in total. The Kier molecular flexibility index (Phi) is 5.08. The number of anilines is 1. The molecule has 0 amide bonds. The summed E-state index contributed by atoms with van der Waals surface area (Å²) < 4.78 is 60.7. The summed E-state index contributed by atoms with van der Waals surface area (Å²) in [5.74, 6) is 0.574. The lowest BCUT2D eigenvalue weighted by Crippen LogP contribution is -2.15. The number of nitrogens with two attached hydrogens (primary N) is 1. The normalized spacial score (nSPS) is 14.5. The van der Waals surface area contributed by atoms with Gasteiger partial charge < -0.3 is 9.47 Å². The maximum Gasteiger partial charge on any atom is 0.262 e. The molecular formula is C16H18N2O6S2. The highest BCUT2D eigenvalue weighted by atomic mass is 32.2. The fourth-order valence-corrected chi connectivity index (χ4v) is 4.16. The molecule has 0 saturated carbocycles. The molecule has 1 aliphatic heterocycles. The van der Waals surface area contributed by atoms with Crippen LogP contribution in [0.5, 0.6) is 11.5 Å². The number of hydrogen-bond donors (Lipinski definition) is 2. The van der Waals surface area contributed by atoms with Crippen LogP contribution in [0.1, 0.15) is 12.0 Å². The quantitative estimate of drug-likeness (QED) is 0.785. The molecule has 0 bridgehead atoms. The van der Waals surface area contributed by atoms with Crippen LogP contribution in [-0.2, 0) is 25.8 Å². The van der Waals surface area contributed by atoms with Crippen molar-refractivity contribution in [2.75, 3.05) is 17.9 Å². The van der Waals surface area contributed by atoms with Crippen molar-refractivity contribution in [3.8, 4) is 11.5 Å². The van der Waals surface area contributed by atoms with E-state index in [1.165, 1.54) is 36.4 Å². The van der Waals surface area contributed by atoms with Crippen molar-refractivity contribution in [1.29, 1.82) is 0 Å². The highest BCUT2D eigenvalue weighted by Gasteiger charge is 2.19. The Morgan fingerprint density at radius 1 is 0.923 bits per heavy atom. The van der Waals surface area contributed by atoms with E-state index in [2.05, 4.69) is 4.72 Å². The van der Waals surface area contributed by atoms with Gasteiger partial charge in [0.25, 0.3) is 10.0 Å². The molecule has 0 unspecified atom stereocenters. The molecule has 1 heterocycles. The third kappa shape index (κ3) is 4.65. The highest BCUT2D eigenvalue weighted by molar-refractivity contribution is 7.92. The first-order valence-corrected chi connectivity index (χ1v) is 10.9. The molecule has 3 rings (SSSR count). The van der Waals surface area contributed by atoms with Crippen molar-refractivity contribution in [3.05, 3.63) is 48.0 Å². The summed E-state index contributed by atoms with van der Waals surface area (Å²) in [7, 11) is -7.48. The smallest absolute Gasteiger partial charge is 0.262 e. The van der Waals surface area contributed by atoms with Crippen LogP contribution >= 0.6 is 0 Å². The van der Waals surface area contributed by atoms with E-state index in [1.807, 2.05) is 0 Å². The van der Waals surface area contributed by atoms with Crippen molar-refractivity contribution < 1.29 is 26.3 Å². The Hall–Kier alpha value is -2.30. The fraction of sp³-hybridized carbons (Fsp3) is 0.250. The Labute approximate surface area is 152 Å². The molecule has 1 aliphatic rings. The summed E-state index contributed by atoms with van der Waals surface area (Å²) in [5, 5.41) is 4.99. The topological polar surface area (TPSA) is 125 Å². The second-order valence-corrected chi connectivity index (χ2v) is 9.07. The van der Waals surface area contributed by atoms with E-state index in [-0.39, 0.29) is 10.6 Å². The lowest BCUT2D eigenvalue weighted by molar-refractivity contribution is 0.297. The first kappa shape index (κ1) is 18.5. The summed E-state index contributed by atoms with van der Waals surface area (Å²) in [6.07, 6.45) is 0.722. The minimum absolute atomic E-state index is 0.0374. The molecule has 0 aromatic heterocycles. The van der Waals surface area contributed by atoms with Gasteiger partial charge in [0.15, 0.2) is 11.5 Å². The van der Waals surface area contributed by atoms with Crippen LogP contribution in [0.15, 0.2) is 47.4 Å². The van der Waals surface area contributed by atoms with Gasteiger partial charge in [-0.2, -0.15) is 0 Å². The van der Waals surface area contributed by atoms with Gasteiger partial charge in [-0.05, 0) is 29.8 Å². The van der Waals surface area contributed by atoms with E-state index in [0.29, 0.717) is 36.0 Å². The summed E-state index contributed by atoms with van der Waals surface area (Å²) in [5.41, 5.74) is 0.765. The number of primary sulfonamides is 1. The first-order chi connectivity index (χ1) is 12.2. The van der Waals surface area contributed by atoms with Crippen molar-refractivity contribution in [1.82, 2.24) is 0 Å². The van der Waals surface area contributed by atoms with Crippen LogP contribution in [0.2, 0.25) is 0 Å². The average molecular weight is 398 g/mol. The summed E-state index contributed by atoms with van der Waals surface area (Å²) in [6.45, 7) is 0.970. The maximum absolute atomic E-state index is 12.6. The molecule has 0 atom stereocenters. The largest absolute Gasteiger partial charge is 0.490 e. The Bertz CT molecular complexity index is 1000. The molecule has 0 saturated heterocycles. The zero-order chi connectivity index (χ0) is 18.8. The van der Waals surface area contributed by atoms with E-state index < -0.39 is 20.0 Å². The van der Waals surface area contributed by atoms with Gasteiger partial charge in [-0.25, -0.2) is 22.0 Å². The van der Waals surface area contributed by atoms with Gasteiger partial charge in [-0.15, -0.1) is 0 Å². The monoisotopic (exact) mass is 398 g/mol. The van der Waals surface area contributed by atoms with E-state index in [1.54, 1.807) is 6.07 Å². The van der Waals surface area contributed by atoms with Crippen molar-refractivity contribution in [2.24, 2.45) is 5.14 Å². The first-order valence-electron chi connectivity index (χ1n) is 7.75. The average Bonchev–Trinajstić information content (AvgIpc) is 2.79. The number of sulfonamides is 2. The van der Waals surface area contributed by atoms with Gasteiger partial charge >= 0.3 is 0 Å². The number of ether oxygens (including phenoxy) is 2. The fourth-order valence-electron chi connectivity index (χ4n) is 2.43. The van der Waals surface area contributed by atoms with Gasteiger partial charge in [-0.1, -0.05) is 12.1 Å². The van der Waals surface area contributed by atoms with Gasteiger partial charge in [-0.3, -0.25) is 4.72 Å². The predicted octanol–water partition coefficient (Wildman–Crippen LogP) is 1.44. The molecule has 140 valence electrons. The minimum Gasteiger partial charge on any atom is -0.490 e. The lowest BCUT2D eigenvalue weighted by Gasteiger charge is -2.12. The van der Waals surface area contributed by atoms with E-state index >= 15 is 0 Å². The Morgan fingerprint density at radius 3 is 2.23 bits per heavy atom. The molecular weight excluding hydrogens is 380 g/mol. The molecule has 0 fully saturated rings. The number of hydrogen-bond acceptors (Lipinski definition) is 6. The second-order valence-electron chi connectivity index (χ2n) is 5.77. The molecule has 0 spiro atoms. The summed E-state index contributed by atoms with van der Waals surface area (Å²) in [4.78, 5) is 0.0374. The highest BCUT2D eigenvalue weighted by Crippen LogP contribution is 2.32. The zero-order valence-electron chi connectivity index (χ0n) is 13.7. The molecule has 10 heteroatoms. The number of fused-ring (bicyclic) bond motifs is 1. The van der Waals surface area contributed by atoms with Crippen LogP contribution in [0.25, 0.3) is 0 Å². The SMILES string of the molecule is NS(=O)(=O)Cc1ccc(NS(=O)(=O)c2ccc3c(c2)OCCCO3)cc1. The summed E-state index contributed by atoms with van der Waals surface area (Å²) in [6, 6.07) is 10.3. The maximum atomic E-state index is 12.6. The number of nitrogens with one attached hydrogen (secondary N) is 1. The zero-order valence-corrected chi connectivity index (χ0v) is 15.3. The third-order valence-electron chi connectivity index (χ3n) is 3.60. The molecule has 26 heavy (non-hydrogen) atoms. The third-order valence-corrected chi connectivity index (χ3v) is 5.72. The summed E-state index contributed by atoms with van der Waals surface area (Å²) >= 11 is 0. The van der Waals surface area contributed by atoms with Crippen molar-refractivity contribution in [3.63, 3.8) is 0 Å². The van der Waals surface area contributed by atoms with Crippen LogP contribution in [0, 0.1) is 0 Å². The van der Waals surface area contributed by atoms with Crippen LogP contribution in [0.3, 0.4) is 0 Å². The van der Waals surface area contributed by atoms with Crippen LogP contribution < -0.4 is 19.3 Å². The lowest BCUT2D eigenvalue weighted by atomic mass is 10.2.